The summed E-state index contributed by atoms with van der Waals surface area (Å²) in [5.74, 6) is 0.429. The van der Waals surface area contributed by atoms with Crippen LogP contribution in [0.5, 0.6) is 0 Å². The van der Waals surface area contributed by atoms with Crippen molar-refractivity contribution >= 4 is 29.3 Å². The van der Waals surface area contributed by atoms with Crippen LogP contribution < -0.4 is 5.32 Å². The Morgan fingerprint density at radius 3 is 2.51 bits per heavy atom. The molecule has 1 aromatic heterocycles. The van der Waals surface area contributed by atoms with Gasteiger partial charge in [0.2, 0.25) is 0 Å². The van der Waals surface area contributed by atoms with Gasteiger partial charge in [0.25, 0.3) is 5.91 Å². The molecule has 0 spiro atoms. The van der Waals surface area contributed by atoms with Crippen molar-refractivity contribution < 1.29 is 18.0 Å². The Morgan fingerprint density at radius 2 is 1.78 bits per heavy atom. The van der Waals surface area contributed by atoms with Crippen LogP contribution in [0.15, 0.2) is 71.9 Å². The predicted molar refractivity (Wildman–Crippen MR) is 139 cm³/mol. The van der Waals surface area contributed by atoms with Crippen LogP contribution in [0.25, 0.3) is 5.69 Å². The first-order valence-electron chi connectivity index (χ1n) is 11.4. The molecule has 0 radical (unpaired) electrons. The molecule has 4 rings (SSSR count). The lowest BCUT2D eigenvalue weighted by Crippen LogP contribution is -2.29. The first-order valence-corrected chi connectivity index (χ1v) is 12.8. The molecule has 0 aliphatic carbocycles. The third kappa shape index (κ3) is 6.17. The molecule has 0 aliphatic rings. The molecular formula is C27H24ClF3N4OS. The topological polar surface area (TPSA) is 59.8 Å². The second-order valence-electron chi connectivity index (χ2n) is 8.60. The fourth-order valence-electron chi connectivity index (χ4n) is 3.80. The number of nitrogens with zero attached hydrogens (tertiary/aromatic N) is 3. The molecule has 1 N–H and O–H groups in total. The highest BCUT2D eigenvalue weighted by Gasteiger charge is 2.31. The molecule has 0 saturated carbocycles. The van der Waals surface area contributed by atoms with Gasteiger partial charge in [-0.3, -0.25) is 9.36 Å². The maximum absolute atomic E-state index is 13.1. The van der Waals surface area contributed by atoms with E-state index in [1.54, 1.807) is 19.1 Å². The van der Waals surface area contributed by atoms with E-state index in [1.165, 1.54) is 23.9 Å². The molecule has 3 aromatic carbocycles. The number of hydrogen-bond acceptors (Lipinski definition) is 4. The fraction of sp³-hybridized carbons (Fsp3) is 0.222. The molecular weight excluding hydrogens is 521 g/mol. The van der Waals surface area contributed by atoms with E-state index in [0.29, 0.717) is 21.8 Å². The number of carbonyl (C=O) groups is 1. The van der Waals surface area contributed by atoms with E-state index >= 15 is 0 Å². The van der Waals surface area contributed by atoms with E-state index in [0.717, 1.165) is 34.5 Å². The molecule has 0 bridgehead atoms. The molecule has 4 aromatic rings. The number of rotatable bonds is 7. The van der Waals surface area contributed by atoms with Crippen LogP contribution in [0.3, 0.4) is 0 Å². The number of nitrogens with one attached hydrogen (secondary N) is 1. The number of benzene rings is 3. The number of halogens is 4. The molecule has 10 heteroatoms. The van der Waals surface area contributed by atoms with Crippen LogP contribution in [-0.4, -0.2) is 20.7 Å². The van der Waals surface area contributed by atoms with Crippen LogP contribution in [-0.2, 0) is 11.9 Å². The van der Waals surface area contributed by atoms with Crippen molar-refractivity contribution in [3.8, 4) is 5.69 Å². The van der Waals surface area contributed by atoms with Crippen molar-refractivity contribution in [2.24, 2.45) is 0 Å². The first kappa shape index (κ1) is 26.8. The molecule has 1 amide bonds. The zero-order chi connectivity index (χ0) is 26.7. The second kappa shape index (κ2) is 11.0. The summed E-state index contributed by atoms with van der Waals surface area (Å²) in [6, 6.07) is 17.1. The molecule has 1 atom stereocenters. The summed E-state index contributed by atoms with van der Waals surface area (Å²) in [6.07, 6.45) is -4.55. The predicted octanol–water partition coefficient (Wildman–Crippen LogP) is 7.34. The standard InChI is InChI=1S/C27H24ClF3N4OS/c1-16-7-4-5-8-20(16)15-37-26-34-33-24(35(26)23-14-22(28)12-11-17(23)2)18(3)32-25(36)19-9-6-10-21(13-19)27(29,30)31/h4-14,18H,15H2,1-3H3,(H,32,36). The van der Waals surface area contributed by atoms with E-state index in [9.17, 15) is 18.0 Å². The summed E-state index contributed by atoms with van der Waals surface area (Å²) < 4.78 is 41.2. The summed E-state index contributed by atoms with van der Waals surface area (Å²) in [4.78, 5) is 12.9. The molecule has 192 valence electrons. The van der Waals surface area contributed by atoms with E-state index in [-0.39, 0.29) is 5.56 Å². The van der Waals surface area contributed by atoms with E-state index in [1.807, 2.05) is 48.7 Å². The number of aryl methyl sites for hydroxylation is 2. The Morgan fingerprint density at radius 1 is 1.03 bits per heavy atom. The van der Waals surface area contributed by atoms with Gasteiger partial charge in [0.15, 0.2) is 11.0 Å². The Kier molecular flexibility index (Phi) is 7.94. The summed E-state index contributed by atoms with van der Waals surface area (Å²) in [5, 5.41) is 12.6. The normalized spacial score (nSPS) is 12.4. The molecule has 1 unspecified atom stereocenters. The highest BCUT2D eigenvalue weighted by atomic mass is 35.5. The Bertz CT molecular complexity index is 1440. The van der Waals surface area contributed by atoms with Gasteiger partial charge in [-0.05, 0) is 67.8 Å². The van der Waals surface area contributed by atoms with Crippen LogP contribution in [0.1, 0.15) is 51.4 Å². The van der Waals surface area contributed by atoms with Gasteiger partial charge < -0.3 is 5.32 Å². The van der Waals surface area contributed by atoms with Crippen molar-refractivity contribution in [3.63, 3.8) is 0 Å². The summed E-state index contributed by atoms with van der Waals surface area (Å²) >= 11 is 7.80. The Hall–Kier alpha value is -3.30. The summed E-state index contributed by atoms with van der Waals surface area (Å²) in [6.45, 7) is 5.68. The lowest BCUT2D eigenvalue weighted by atomic mass is 10.1. The Labute approximate surface area is 222 Å². The lowest BCUT2D eigenvalue weighted by molar-refractivity contribution is -0.137. The monoisotopic (exact) mass is 544 g/mol. The third-order valence-electron chi connectivity index (χ3n) is 5.88. The number of amides is 1. The number of alkyl halides is 3. The maximum atomic E-state index is 13.1. The molecule has 0 aliphatic heterocycles. The lowest BCUT2D eigenvalue weighted by Gasteiger charge is -2.18. The summed E-state index contributed by atoms with van der Waals surface area (Å²) in [5.41, 5.74) is 2.99. The number of carbonyl (C=O) groups excluding carboxylic acids is 1. The second-order valence-corrected chi connectivity index (χ2v) is 9.97. The number of hydrogen-bond donors (Lipinski definition) is 1. The fourth-order valence-corrected chi connectivity index (χ4v) is 5.00. The minimum Gasteiger partial charge on any atom is -0.342 e. The van der Waals surface area contributed by atoms with Gasteiger partial charge in [-0.25, -0.2) is 0 Å². The van der Waals surface area contributed by atoms with Crippen LogP contribution in [0.4, 0.5) is 13.2 Å². The van der Waals surface area contributed by atoms with Crippen LogP contribution in [0, 0.1) is 13.8 Å². The maximum Gasteiger partial charge on any atom is 0.416 e. The summed E-state index contributed by atoms with van der Waals surface area (Å²) in [7, 11) is 0. The van der Waals surface area contributed by atoms with E-state index in [2.05, 4.69) is 15.5 Å². The van der Waals surface area contributed by atoms with Gasteiger partial charge >= 0.3 is 6.18 Å². The van der Waals surface area contributed by atoms with E-state index in [4.69, 9.17) is 11.6 Å². The smallest absolute Gasteiger partial charge is 0.342 e. The molecule has 5 nitrogen and oxygen atoms in total. The molecule has 37 heavy (non-hydrogen) atoms. The van der Waals surface area contributed by atoms with Gasteiger partial charge in [0.1, 0.15) is 0 Å². The van der Waals surface area contributed by atoms with E-state index < -0.39 is 23.7 Å². The van der Waals surface area contributed by atoms with Crippen molar-refractivity contribution in [2.45, 2.75) is 43.9 Å². The molecule has 0 fully saturated rings. The van der Waals surface area contributed by atoms with Crippen molar-refractivity contribution in [1.82, 2.24) is 20.1 Å². The highest BCUT2D eigenvalue weighted by Crippen LogP contribution is 2.32. The van der Waals surface area contributed by atoms with Crippen LogP contribution in [0.2, 0.25) is 5.02 Å². The number of aromatic nitrogens is 3. The van der Waals surface area contributed by atoms with Gasteiger partial charge in [0.05, 0.1) is 17.3 Å². The highest BCUT2D eigenvalue weighted by molar-refractivity contribution is 7.98. The number of thioether (sulfide) groups is 1. The quantitative estimate of drug-likeness (QED) is 0.247. The SMILES string of the molecule is Cc1ccccc1CSc1nnc(C(C)NC(=O)c2cccc(C(F)(F)F)c2)n1-c1cc(Cl)ccc1C. The average Bonchev–Trinajstić information content (AvgIpc) is 3.28. The minimum atomic E-state index is -4.55. The van der Waals surface area contributed by atoms with Gasteiger partial charge in [-0.15, -0.1) is 10.2 Å². The zero-order valence-corrected chi connectivity index (χ0v) is 21.9. The van der Waals surface area contributed by atoms with Gasteiger partial charge in [0, 0.05) is 16.3 Å². The van der Waals surface area contributed by atoms with Crippen LogP contribution >= 0.6 is 23.4 Å². The zero-order valence-electron chi connectivity index (χ0n) is 20.3. The largest absolute Gasteiger partial charge is 0.416 e. The van der Waals surface area contributed by atoms with Crippen molar-refractivity contribution in [1.29, 1.82) is 0 Å². The van der Waals surface area contributed by atoms with Crippen molar-refractivity contribution in [3.05, 3.63) is 105 Å². The molecule has 1 heterocycles. The Balaban J connectivity index is 1.67. The average molecular weight is 545 g/mol. The molecule has 0 saturated heterocycles. The van der Waals surface area contributed by atoms with Gasteiger partial charge in [-0.2, -0.15) is 13.2 Å². The van der Waals surface area contributed by atoms with Gasteiger partial charge in [-0.1, -0.05) is 59.8 Å². The minimum absolute atomic E-state index is 0.0965. The van der Waals surface area contributed by atoms with Crippen molar-refractivity contribution in [2.75, 3.05) is 0 Å². The first-order chi connectivity index (χ1) is 17.5. The third-order valence-corrected chi connectivity index (χ3v) is 7.09.